The second-order valence-electron chi connectivity index (χ2n) is 4.23. The van der Waals surface area contributed by atoms with E-state index < -0.39 is 5.97 Å². The van der Waals surface area contributed by atoms with Gasteiger partial charge in [-0.2, -0.15) is 0 Å². The predicted molar refractivity (Wildman–Crippen MR) is 74.3 cm³/mol. The van der Waals surface area contributed by atoms with Crippen LogP contribution in [0.3, 0.4) is 0 Å². The first kappa shape index (κ1) is 13.1. The fourth-order valence-electron chi connectivity index (χ4n) is 1.77. The molecule has 0 radical (unpaired) electrons. The molecule has 0 atom stereocenters. The first-order valence-corrected chi connectivity index (χ1v) is 6.21. The topological polar surface area (TPSA) is 62.2 Å². The summed E-state index contributed by atoms with van der Waals surface area (Å²) in [5, 5.41) is 12.2. The average molecular weight is 256 g/mol. The van der Waals surface area contributed by atoms with Crippen molar-refractivity contribution < 1.29 is 9.90 Å². The summed E-state index contributed by atoms with van der Waals surface area (Å²) in [6.07, 6.45) is 0.709. The summed E-state index contributed by atoms with van der Waals surface area (Å²) < 4.78 is 0. The van der Waals surface area contributed by atoms with Gasteiger partial charge < -0.3 is 10.4 Å². The van der Waals surface area contributed by atoms with Crippen molar-refractivity contribution in [3.8, 4) is 0 Å². The molecule has 2 N–H and O–H groups in total. The molecule has 0 unspecified atom stereocenters. The Balaban J connectivity index is 2.15. The molecular formula is C15H16N2O2. The fourth-order valence-corrected chi connectivity index (χ4v) is 1.77. The van der Waals surface area contributed by atoms with Crippen LogP contribution in [0.2, 0.25) is 0 Å². The van der Waals surface area contributed by atoms with Crippen LogP contribution in [0.4, 0.5) is 5.82 Å². The number of anilines is 1. The van der Waals surface area contributed by atoms with Gasteiger partial charge >= 0.3 is 5.97 Å². The van der Waals surface area contributed by atoms with Crippen LogP contribution in [0.15, 0.2) is 42.5 Å². The Hall–Kier alpha value is -2.36. The van der Waals surface area contributed by atoms with Crippen molar-refractivity contribution >= 4 is 11.8 Å². The third-order valence-electron chi connectivity index (χ3n) is 2.80. The number of rotatable bonds is 5. The summed E-state index contributed by atoms with van der Waals surface area (Å²) in [6, 6.07) is 13.1. The number of carboxylic acids is 1. The maximum Gasteiger partial charge on any atom is 0.335 e. The molecule has 0 saturated heterocycles. The third kappa shape index (κ3) is 3.55. The van der Waals surface area contributed by atoms with Crippen molar-refractivity contribution in [1.29, 1.82) is 0 Å². The molecule has 1 heterocycles. The molecule has 0 aliphatic carbocycles. The van der Waals surface area contributed by atoms with Crippen LogP contribution in [0.25, 0.3) is 0 Å². The van der Waals surface area contributed by atoms with E-state index in [1.54, 1.807) is 12.1 Å². The Kier molecular flexibility index (Phi) is 4.13. The third-order valence-corrected chi connectivity index (χ3v) is 2.80. The van der Waals surface area contributed by atoms with Crippen molar-refractivity contribution in [2.24, 2.45) is 0 Å². The van der Waals surface area contributed by atoms with E-state index in [1.807, 2.05) is 37.3 Å². The normalized spacial score (nSPS) is 10.2. The van der Waals surface area contributed by atoms with Gasteiger partial charge in [0.15, 0.2) is 0 Å². The van der Waals surface area contributed by atoms with Gasteiger partial charge in [0.2, 0.25) is 0 Å². The molecule has 0 aliphatic heterocycles. The first-order valence-electron chi connectivity index (χ1n) is 6.21. The molecule has 0 bridgehead atoms. The molecule has 19 heavy (non-hydrogen) atoms. The zero-order valence-corrected chi connectivity index (χ0v) is 10.8. The lowest BCUT2D eigenvalue weighted by Gasteiger charge is -2.08. The number of benzene rings is 1. The number of aromatic carboxylic acids is 1. The summed E-state index contributed by atoms with van der Waals surface area (Å²) in [7, 11) is 0. The molecule has 4 heteroatoms. The monoisotopic (exact) mass is 256 g/mol. The lowest BCUT2D eigenvalue weighted by Crippen LogP contribution is -2.06. The van der Waals surface area contributed by atoms with E-state index in [1.165, 1.54) is 0 Å². The molecule has 1 aromatic carbocycles. The van der Waals surface area contributed by atoms with E-state index in [0.29, 0.717) is 18.8 Å². The first-order chi connectivity index (χ1) is 9.19. The van der Waals surface area contributed by atoms with Crippen LogP contribution in [-0.4, -0.2) is 16.1 Å². The van der Waals surface area contributed by atoms with Gasteiger partial charge in [-0.1, -0.05) is 37.3 Å². The van der Waals surface area contributed by atoms with Gasteiger partial charge in [0.1, 0.15) is 5.82 Å². The molecule has 0 aliphatic rings. The summed E-state index contributed by atoms with van der Waals surface area (Å²) in [4.78, 5) is 15.4. The Morgan fingerprint density at radius 2 is 2.00 bits per heavy atom. The number of pyridine rings is 1. The molecular weight excluding hydrogens is 240 g/mol. The van der Waals surface area contributed by atoms with Crippen molar-refractivity contribution in [2.45, 2.75) is 19.9 Å². The molecule has 98 valence electrons. The Labute approximate surface area is 112 Å². The van der Waals surface area contributed by atoms with Crippen molar-refractivity contribution in [2.75, 3.05) is 5.32 Å². The summed E-state index contributed by atoms with van der Waals surface area (Å²) in [5.41, 5.74) is 2.17. The number of nitrogens with one attached hydrogen (secondary N) is 1. The van der Waals surface area contributed by atoms with E-state index in [-0.39, 0.29) is 5.56 Å². The second-order valence-corrected chi connectivity index (χ2v) is 4.23. The number of carbonyl (C=O) groups is 1. The molecule has 0 spiro atoms. The quantitative estimate of drug-likeness (QED) is 0.863. The number of aromatic nitrogens is 1. The maximum absolute atomic E-state index is 11.0. The van der Waals surface area contributed by atoms with Crippen molar-refractivity contribution in [1.82, 2.24) is 4.98 Å². The Morgan fingerprint density at radius 1 is 1.26 bits per heavy atom. The largest absolute Gasteiger partial charge is 0.478 e. The maximum atomic E-state index is 11.0. The Morgan fingerprint density at radius 3 is 2.63 bits per heavy atom. The van der Waals surface area contributed by atoms with Crippen molar-refractivity contribution in [3.63, 3.8) is 0 Å². The molecule has 4 nitrogen and oxygen atoms in total. The molecule has 2 aromatic rings. The minimum Gasteiger partial charge on any atom is -0.478 e. The van der Waals surface area contributed by atoms with Gasteiger partial charge in [0, 0.05) is 12.2 Å². The SMILES string of the molecule is CCc1cc(C(=O)O)cc(NCc2ccccc2)n1. The second kappa shape index (κ2) is 6.00. The minimum atomic E-state index is -0.931. The Bertz CT molecular complexity index is 568. The highest BCUT2D eigenvalue weighted by Gasteiger charge is 2.07. The van der Waals surface area contributed by atoms with Crippen LogP contribution in [0, 0.1) is 0 Å². The van der Waals surface area contributed by atoms with Crippen LogP contribution in [0.5, 0.6) is 0 Å². The zero-order valence-electron chi connectivity index (χ0n) is 10.8. The number of aryl methyl sites for hydroxylation is 1. The van der Waals surface area contributed by atoms with Crippen molar-refractivity contribution in [3.05, 3.63) is 59.3 Å². The van der Waals surface area contributed by atoms with Crippen LogP contribution >= 0.6 is 0 Å². The van der Waals surface area contributed by atoms with E-state index >= 15 is 0 Å². The summed E-state index contributed by atoms with van der Waals surface area (Å²) in [5.74, 6) is -0.333. The average Bonchev–Trinajstić information content (AvgIpc) is 2.45. The highest BCUT2D eigenvalue weighted by Crippen LogP contribution is 2.12. The molecule has 0 saturated carbocycles. The highest BCUT2D eigenvalue weighted by atomic mass is 16.4. The van der Waals surface area contributed by atoms with Gasteiger partial charge in [-0.15, -0.1) is 0 Å². The van der Waals surface area contributed by atoms with Gasteiger partial charge in [0.05, 0.1) is 5.56 Å². The summed E-state index contributed by atoms with van der Waals surface area (Å²) in [6.45, 7) is 2.58. The van der Waals surface area contributed by atoms with Crippen LogP contribution in [-0.2, 0) is 13.0 Å². The summed E-state index contributed by atoms with van der Waals surface area (Å²) >= 11 is 0. The number of carboxylic acid groups (broad SMARTS) is 1. The van der Waals surface area contributed by atoms with E-state index in [0.717, 1.165) is 11.3 Å². The number of hydrogen-bond acceptors (Lipinski definition) is 3. The highest BCUT2D eigenvalue weighted by molar-refractivity contribution is 5.88. The number of hydrogen-bond donors (Lipinski definition) is 2. The molecule has 2 rings (SSSR count). The molecule has 1 aromatic heterocycles. The van der Waals surface area contributed by atoms with E-state index in [2.05, 4.69) is 10.3 Å². The van der Waals surface area contributed by atoms with Gasteiger partial charge in [-0.25, -0.2) is 9.78 Å². The molecule has 0 amide bonds. The minimum absolute atomic E-state index is 0.266. The standard InChI is InChI=1S/C15H16N2O2/c1-2-13-8-12(15(18)19)9-14(17-13)16-10-11-6-4-3-5-7-11/h3-9H,2,10H2,1H3,(H,16,17)(H,18,19). The zero-order chi connectivity index (χ0) is 13.7. The lowest BCUT2D eigenvalue weighted by atomic mass is 10.2. The number of nitrogens with zero attached hydrogens (tertiary/aromatic N) is 1. The van der Waals surface area contributed by atoms with Gasteiger partial charge in [-0.05, 0) is 24.1 Å². The lowest BCUT2D eigenvalue weighted by molar-refractivity contribution is 0.0696. The molecule has 0 fully saturated rings. The van der Waals surface area contributed by atoms with Gasteiger partial charge in [0.25, 0.3) is 0 Å². The van der Waals surface area contributed by atoms with E-state index in [9.17, 15) is 4.79 Å². The smallest absolute Gasteiger partial charge is 0.335 e. The van der Waals surface area contributed by atoms with Crippen LogP contribution < -0.4 is 5.32 Å². The predicted octanol–water partition coefficient (Wildman–Crippen LogP) is 2.95. The van der Waals surface area contributed by atoms with Crippen LogP contribution in [0.1, 0.15) is 28.5 Å². The van der Waals surface area contributed by atoms with E-state index in [4.69, 9.17) is 5.11 Å². The van der Waals surface area contributed by atoms with Gasteiger partial charge in [-0.3, -0.25) is 0 Å². The fraction of sp³-hybridized carbons (Fsp3) is 0.200.